The Balaban J connectivity index is 1.33. The van der Waals surface area contributed by atoms with Gasteiger partial charge in [-0.25, -0.2) is 13.1 Å². The molecule has 0 bridgehead atoms. The number of aromatic nitrogens is 3. The zero-order chi connectivity index (χ0) is 29.2. The zero-order valence-electron chi connectivity index (χ0n) is 24.0. The summed E-state index contributed by atoms with van der Waals surface area (Å²) in [5, 5.41) is 14.9. The number of ether oxygens (including phenoxy) is 1. The molecule has 1 aliphatic heterocycles. The highest BCUT2D eigenvalue weighted by Crippen LogP contribution is 2.33. The van der Waals surface area contributed by atoms with Crippen molar-refractivity contribution in [2.75, 3.05) is 13.7 Å². The van der Waals surface area contributed by atoms with E-state index < -0.39 is 22.0 Å². The van der Waals surface area contributed by atoms with E-state index in [1.165, 1.54) is 48.3 Å². The van der Waals surface area contributed by atoms with Crippen LogP contribution in [0.25, 0.3) is 0 Å². The topological polar surface area (TPSA) is 118 Å². The predicted octanol–water partition coefficient (Wildman–Crippen LogP) is 3.55. The van der Waals surface area contributed by atoms with Crippen LogP contribution < -0.4 is 15.4 Å². The molecule has 2 aliphatic rings. The number of nitrogens with one attached hydrogen (secondary N) is 2. The van der Waals surface area contributed by atoms with E-state index in [1.54, 1.807) is 12.1 Å². The van der Waals surface area contributed by atoms with E-state index in [-0.39, 0.29) is 22.8 Å². The van der Waals surface area contributed by atoms with Crippen LogP contribution in [-0.2, 0) is 34.2 Å². The number of aryl methyl sites for hydroxylation is 1. The number of carbonyl (C=O) groups excluding carboxylic acids is 1. The molecule has 1 amide bonds. The Morgan fingerprint density at radius 2 is 1.93 bits per heavy atom. The van der Waals surface area contributed by atoms with Gasteiger partial charge in [-0.3, -0.25) is 9.10 Å². The van der Waals surface area contributed by atoms with E-state index in [4.69, 9.17) is 4.74 Å². The van der Waals surface area contributed by atoms with Crippen molar-refractivity contribution >= 4 is 15.9 Å². The van der Waals surface area contributed by atoms with Gasteiger partial charge in [-0.15, -0.1) is 5.10 Å². The highest BCUT2D eigenvalue weighted by atomic mass is 32.2. The van der Waals surface area contributed by atoms with Gasteiger partial charge in [0.05, 0.1) is 23.7 Å². The number of sulfonamides is 1. The molecule has 0 saturated carbocycles. The normalized spacial score (nSPS) is 19.1. The van der Waals surface area contributed by atoms with Gasteiger partial charge in [0.25, 0.3) is 10.0 Å². The Morgan fingerprint density at radius 1 is 1.15 bits per heavy atom. The van der Waals surface area contributed by atoms with Crippen molar-refractivity contribution in [2.45, 2.75) is 70.0 Å². The number of hydrogen-bond donors (Lipinski definition) is 2. The predicted molar refractivity (Wildman–Crippen MR) is 155 cm³/mol. The van der Waals surface area contributed by atoms with Gasteiger partial charge in [0.15, 0.2) is 0 Å². The third-order valence-electron chi connectivity index (χ3n) is 7.45. The molecule has 2 atom stereocenters. The maximum atomic E-state index is 13.5. The van der Waals surface area contributed by atoms with E-state index >= 15 is 0 Å². The first-order valence-electron chi connectivity index (χ1n) is 13.9. The van der Waals surface area contributed by atoms with Crippen molar-refractivity contribution in [3.8, 4) is 5.75 Å². The number of nitrogens with zero attached hydrogens (tertiary/aromatic N) is 4. The van der Waals surface area contributed by atoms with Crippen LogP contribution in [0.3, 0.4) is 0 Å². The lowest BCUT2D eigenvalue weighted by molar-refractivity contribution is -0.124. The van der Waals surface area contributed by atoms with Crippen LogP contribution >= 0.6 is 0 Å². The highest BCUT2D eigenvalue weighted by molar-refractivity contribution is 7.89. The summed E-state index contributed by atoms with van der Waals surface area (Å²) in [4.78, 5) is 12.9. The van der Waals surface area contributed by atoms with Gasteiger partial charge in [-0.1, -0.05) is 44.2 Å². The standard InChI is InChI=1S/C30H38N6O4S/c1-30(2,3)20-31-18-21-8-13-26-22(16-21)6-5-7-27(26)35-19-23(33-34-35)17-28-29(37)32-14-15-36(28)41(38,39)25-11-9-24(40-4)10-12-25/h8-16,19,27-28,31H,5-7,17-18,20H2,1-4H3,(H,32,37)/t27-,28-/m1/s1. The molecule has 218 valence electrons. The molecule has 0 spiro atoms. The highest BCUT2D eigenvalue weighted by Gasteiger charge is 2.36. The molecule has 0 fully saturated rings. The summed E-state index contributed by atoms with van der Waals surface area (Å²) in [6.07, 6.45) is 7.63. The molecule has 0 saturated heterocycles. The lowest BCUT2D eigenvalue weighted by Gasteiger charge is -2.31. The summed E-state index contributed by atoms with van der Waals surface area (Å²) in [6, 6.07) is 11.8. The van der Waals surface area contributed by atoms with Gasteiger partial charge in [0.1, 0.15) is 11.8 Å². The van der Waals surface area contributed by atoms with Crippen LogP contribution in [0.1, 0.15) is 62.0 Å². The second kappa shape index (κ2) is 11.7. The summed E-state index contributed by atoms with van der Waals surface area (Å²) in [6.45, 7) is 8.44. The van der Waals surface area contributed by atoms with E-state index in [0.717, 1.165) is 36.7 Å². The Labute approximate surface area is 241 Å². The molecule has 0 radical (unpaired) electrons. The Kier molecular flexibility index (Phi) is 8.19. The smallest absolute Gasteiger partial charge is 0.264 e. The summed E-state index contributed by atoms with van der Waals surface area (Å²) in [5.74, 6) is 0.122. The van der Waals surface area contributed by atoms with Gasteiger partial charge < -0.3 is 15.4 Å². The fraction of sp³-hybridized carbons (Fsp3) is 0.433. The minimum Gasteiger partial charge on any atom is -0.497 e. The maximum absolute atomic E-state index is 13.5. The molecule has 41 heavy (non-hydrogen) atoms. The SMILES string of the molecule is COc1ccc(S(=O)(=O)N2C=CNC(=O)[C@H]2Cc2cn([C@@H]3CCCc4cc(CNCC(C)(C)C)ccc43)nn2)cc1. The molecule has 2 aromatic carbocycles. The van der Waals surface area contributed by atoms with E-state index in [2.05, 4.69) is 59.9 Å². The molecule has 10 nitrogen and oxygen atoms in total. The average molecular weight is 579 g/mol. The first kappa shape index (κ1) is 28.8. The van der Waals surface area contributed by atoms with Crippen molar-refractivity contribution in [2.24, 2.45) is 5.41 Å². The molecular weight excluding hydrogens is 540 g/mol. The van der Waals surface area contributed by atoms with Crippen LogP contribution in [0.15, 0.2) is 66.0 Å². The number of carbonyl (C=O) groups is 1. The monoisotopic (exact) mass is 578 g/mol. The van der Waals surface area contributed by atoms with Gasteiger partial charge in [0, 0.05) is 38.1 Å². The number of fused-ring (bicyclic) bond motifs is 1. The fourth-order valence-corrected chi connectivity index (χ4v) is 6.82. The summed E-state index contributed by atoms with van der Waals surface area (Å²) >= 11 is 0. The van der Waals surface area contributed by atoms with E-state index in [0.29, 0.717) is 11.4 Å². The van der Waals surface area contributed by atoms with Crippen LogP contribution in [0, 0.1) is 5.41 Å². The lowest BCUT2D eigenvalue weighted by Crippen LogP contribution is -2.50. The fourth-order valence-electron chi connectivity index (χ4n) is 5.37. The van der Waals surface area contributed by atoms with Gasteiger partial charge in [0.2, 0.25) is 5.91 Å². The average Bonchev–Trinajstić information content (AvgIpc) is 3.41. The number of benzene rings is 2. The number of methoxy groups -OCH3 is 1. The molecular formula is C30H38N6O4S. The third kappa shape index (κ3) is 6.46. The van der Waals surface area contributed by atoms with Gasteiger partial charge in [-0.2, -0.15) is 0 Å². The molecule has 3 aromatic rings. The largest absolute Gasteiger partial charge is 0.497 e. The van der Waals surface area contributed by atoms with Crippen molar-refractivity contribution < 1.29 is 17.9 Å². The number of hydrogen-bond acceptors (Lipinski definition) is 7. The van der Waals surface area contributed by atoms with Gasteiger partial charge in [-0.05, 0) is 65.6 Å². The molecule has 1 aromatic heterocycles. The first-order valence-corrected chi connectivity index (χ1v) is 15.4. The van der Waals surface area contributed by atoms with Gasteiger partial charge >= 0.3 is 0 Å². The van der Waals surface area contributed by atoms with Crippen molar-refractivity contribution in [3.63, 3.8) is 0 Å². The van der Waals surface area contributed by atoms with E-state index in [9.17, 15) is 13.2 Å². The van der Waals surface area contributed by atoms with E-state index in [1.807, 2.05) is 10.9 Å². The zero-order valence-corrected chi connectivity index (χ0v) is 24.8. The summed E-state index contributed by atoms with van der Waals surface area (Å²) in [7, 11) is -2.48. The summed E-state index contributed by atoms with van der Waals surface area (Å²) < 4.78 is 35.0. The maximum Gasteiger partial charge on any atom is 0.264 e. The molecule has 2 heterocycles. The molecule has 1 aliphatic carbocycles. The van der Waals surface area contributed by atoms with Crippen molar-refractivity contribution in [1.82, 2.24) is 29.9 Å². The minimum absolute atomic E-state index is 0.0378. The first-order chi connectivity index (χ1) is 19.5. The number of rotatable bonds is 9. The van der Waals surface area contributed by atoms with Crippen molar-refractivity contribution in [3.05, 3.63) is 83.4 Å². The summed E-state index contributed by atoms with van der Waals surface area (Å²) in [5.41, 5.74) is 4.60. The molecule has 11 heteroatoms. The Morgan fingerprint density at radius 3 is 2.66 bits per heavy atom. The second-order valence-electron chi connectivity index (χ2n) is 11.9. The van der Waals surface area contributed by atoms with Crippen LogP contribution in [0.5, 0.6) is 5.75 Å². The quantitative estimate of drug-likeness (QED) is 0.399. The van der Waals surface area contributed by atoms with Crippen LogP contribution in [0.2, 0.25) is 0 Å². The molecule has 2 N–H and O–H groups in total. The minimum atomic E-state index is -3.99. The number of amides is 1. The Bertz CT molecular complexity index is 1520. The van der Waals surface area contributed by atoms with Crippen LogP contribution in [-0.4, -0.2) is 53.3 Å². The third-order valence-corrected chi connectivity index (χ3v) is 9.24. The molecule has 5 rings (SSSR count). The second-order valence-corrected chi connectivity index (χ2v) is 13.7. The molecule has 0 unspecified atom stereocenters. The Hall–Kier alpha value is -3.70. The van der Waals surface area contributed by atoms with Crippen molar-refractivity contribution in [1.29, 1.82) is 0 Å². The van der Waals surface area contributed by atoms with Crippen LogP contribution in [0.4, 0.5) is 0 Å². The lowest BCUT2D eigenvalue weighted by atomic mass is 9.86.